The van der Waals surface area contributed by atoms with Gasteiger partial charge < -0.3 is 14.8 Å². The number of amides is 1. The van der Waals surface area contributed by atoms with Crippen molar-refractivity contribution < 1.29 is 19.1 Å². The number of nitrogens with one attached hydrogen (secondary N) is 1. The van der Waals surface area contributed by atoms with Crippen LogP contribution < -0.4 is 5.32 Å². The molecule has 2 atom stereocenters. The number of aromatic nitrogens is 3. The van der Waals surface area contributed by atoms with E-state index >= 15 is 0 Å². The molecule has 1 amide bonds. The molecule has 1 N–H and O–H groups in total. The van der Waals surface area contributed by atoms with Gasteiger partial charge >= 0.3 is 12.1 Å². The Balaban J connectivity index is 1.69. The van der Waals surface area contributed by atoms with Gasteiger partial charge in [0.25, 0.3) is 0 Å². The van der Waals surface area contributed by atoms with E-state index in [9.17, 15) is 9.59 Å². The molecule has 0 bridgehead atoms. The fourth-order valence-electron chi connectivity index (χ4n) is 2.88. The Morgan fingerprint density at radius 1 is 1.10 bits per heavy atom. The first-order valence-electron chi connectivity index (χ1n) is 9.52. The molecule has 30 heavy (non-hydrogen) atoms. The molecule has 1 heterocycles. The van der Waals surface area contributed by atoms with E-state index in [0.717, 1.165) is 16.7 Å². The molecular formula is C22H24N4O4. The van der Waals surface area contributed by atoms with Gasteiger partial charge in [-0.05, 0) is 19.4 Å². The van der Waals surface area contributed by atoms with Crippen LogP contribution >= 0.6 is 0 Å². The third kappa shape index (κ3) is 5.22. The van der Waals surface area contributed by atoms with Crippen molar-refractivity contribution in [2.75, 3.05) is 7.11 Å². The van der Waals surface area contributed by atoms with E-state index in [-0.39, 0.29) is 6.61 Å². The number of aryl methyl sites for hydroxylation is 1. The van der Waals surface area contributed by atoms with Gasteiger partial charge in [0.05, 0.1) is 19.3 Å². The summed E-state index contributed by atoms with van der Waals surface area (Å²) in [4.78, 5) is 24.6. The number of rotatable bonds is 7. The number of carbonyl (C=O) groups is 2. The van der Waals surface area contributed by atoms with Gasteiger partial charge in [-0.2, -0.15) is 0 Å². The quantitative estimate of drug-likeness (QED) is 0.603. The summed E-state index contributed by atoms with van der Waals surface area (Å²) in [6.45, 7) is 3.84. The molecule has 3 aromatic rings. The monoisotopic (exact) mass is 408 g/mol. The molecule has 1 unspecified atom stereocenters. The van der Waals surface area contributed by atoms with Gasteiger partial charge in [0.2, 0.25) is 0 Å². The number of carbonyl (C=O) groups excluding carboxylic acids is 2. The maximum absolute atomic E-state index is 12.3. The molecule has 0 fully saturated rings. The second-order valence-electron chi connectivity index (χ2n) is 6.90. The lowest BCUT2D eigenvalue weighted by Crippen LogP contribution is -2.46. The highest BCUT2D eigenvalue weighted by Crippen LogP contribution is 2.20. The Bertz CT molecular complexity index is 986. The SMILES string of the molecule is COC(=O)[C@@H](NC(=O)OCc1ccccc1)C(C)n1cc(-c2ccc(C)cc2)nn1. The van der Waals surface area contributed by atoms with Gasteiger partial charge in [-0.1, -0.05) is 65.4 Å². The molecule has 0 radical (unpaired) electrons. The third-order valence-corrected chi connectivity index (χ3v) is 4.70. The molecule has 0 spiro atoms. The van der Waals surface area contributed by atoms with Crippen molar-refractivity contribution in [2.45, 2.75) is 32.5 Å². The molecule has 8 nitrogen and oxygen atoms in total. The smallest absolute Gasteiger partial charge is 0.408 e. The number of benzene rings is 2. The first-order chi connectivity index (χ1) is 14.5. The largest absolute Gasteiger partial charge is 0.467 e. The zero-order valence-corrected chi connectivity index (χ0v) is 17.1. The van der Waals surface area contributed by atoms with E-state index in [4.69, 9.17) is 9.47 Å². The fraction of sp³-hybridized carbons (Fsp3) is 0.273. The molecule has 0 saturated carbocycles. The number of nitrogens with zero attached hydrogens (tertiary/aromatic N) is 3. The van der Waals surface area contributed by atoms with Crippen molar-refractivity contribution >= 4 is 12.1 Å². The molecule has 0 aliphatic heterocycles. The molecule has 2 aromatic carbocycles. The van der Waals surface area contributed by atoms with Crippen LogP contribution in [0.4, 0.5) is 4.79 Å². The zero-order valence-electron chi connectivity index (χ0n) is 17.1. The van der Waals surface area contributed by atoms with Crippen LogP contribution in [0.3, 0.4) is 0 Å². The molecule has 0 aliphatic carbocycles. The minimum atomic E-state index is -0.995. The fourth-order valence-corrected chi connectivity index (χ4v) is 2.88. The third-order valence-electron chi connectivity index (χ3n) is 4.70. The van der Waals surface area contributed by atoms with Crippen LogP contribution in [0.25, 0.3) is 11.3 Å². The Kier molecular flexibility index (Phi) is 6.79. The van der Waals surface area contributed by atoms with Crippen LogP contribution in [-0.2, 0) is 20.9 Å². The van der Waals surface area contributed by atoms with Crippen LogP contribution in [0.5, 0.6) is 0 Å². The van der Waals surface area contributed by atoms with Crippen molar-refractivity contribution in [1.82, 2.24) is 20.3 Å². The van der Waals surface area contributed by atoms with Crippen LogP contribution in [-0.4, -0.2) is 40.2 Å². The molecule has 3 rings (SSSR count). The van der Waals surface area contributed by atoms with Crippen LogP contribution in [0.1, 0.15) is 24.1 Å². The number of hydrogen-bond donors (Lipinski definition) is 1. The first kappa shape index (κ1) is 21.0. The number of ether oxygens (including phenoxy) is 2. The minimum Gasteiger partial charge on any atom is -0.467 e. The topological polar surface area (TPSA) is 95.3 Å². The van der Waals surface area contributed by atoms with Gasteiger partial charge in [-0.15, -0.1) is 5.10 Å². The minimum absolute atomic E-state index is 0.0931. The Morgan fingerprint density at radius 3 is 2.47 bits per heavy atom. The van der Waals surface area contributed by atoms with E-state index in [1.165, 1.54) is 11.8 Å². The van der Waals surface area contributed by atoms with E-state index in [0.29, 0.717) is 5.69 Å². The lowest BCUT2D eigenvalue weighted by atomic mass is 10.1. The van der Waals surface area contributed by atoms with Gasteiger partial charge in [0.1, 0.15) is 12.3 Å². The number of alkyl carbamates (subject to hydrolysis) is 1. The standard InChI is InChI=1S/C22H24N4O4/c1-15-9-11-18(12-10-15)19-13-26(25-24-19)16(2)20(21(27)29-3)23-22(28)30-14-17-7-5-4-6-8-17/h4-13,16,20H,14H2,1-3H3,(H,23,28)/t16?,20-/m0/s1. The summed E-state index contributed by atoms with van der Waals surface area (Å²) in [5.74, 6) is -0.605. The van der Waals surface area contributed by atoms with Crippen molar-refractivity contribution in [3.8, 4) is 11.3 Å². The van der Waals surface area contributed by atoms with Crippen molar-refractivity contribution in [3.63, 3.8) is 0 Å². The number of methoxy groups -OCH3 is 1. The zero-order chi connectivity index (χ0) is 21.5. The highest BCUT2D eigenvalue weighted by atomic mass is 16.6. The highest BCUT2D eigenvalue weighted by molar-refractivity contribution is 5.81. The van der Waals surface area contributed by atoms with Gasteiger partial charge in [0, 0.05) is 5.56 Å². The van der Waals surface area contributed by atoms with Gasteiger partial charge in [0.15, 0.2) is 6.04 Å². The van der Waals surface area contributed by atoms with Crippen molar-refractivity contribution in [3.05, 3.63) is 71.9 Å². The lowest BCUT2D eigenvalue weighted by Gasteiger charge is -2.22. The van der Waals surface area contributed by atoms with E-state index in [2.05, 4.69) is 15.6 Å². The molecule has 1 aromatic heterocycles. The molecular weight excluding hydrogens is 384 g/mol. The summed E-state index contributed by atoms with van der Waals surface area (Å²) in [6, 6.07) is 15.6. The summed E-state index contributed by atoms with van der Waals surface area (Å²) in [5.41, 5.74) is 3.55. The summed E-state index contributed by atoms with van der Waals surface area (Å²) in [5, 5.41) is 10.9. The number of hydrogen-bond acceptors (Lipinski definition) is 6. The van der Waals surface area contributed by atoms with Crippen molar-refractivity contribution in [1.29, 1.82) is 0 Å². The predicted octanol–water partition coefficient (Wildman–Crippen LogP) is 3.28. The second kappa shape index (κ2) is 9.69. The molecule has 0 aliphatic rings. The van der Waals surface area contributed by atoms with E-state index in [1.807, 2.05) is 61.5 Å². The second-order valence-corrected chi connectivity index (χ2v) is 6.90. The Hall–Kier alpha value is -3.68. The summed E-state index contributed by atoms with van der Waals surface area (Å²) in [7, 11) is 1.26. The normalized spacial score (nSPS) is 12.6. The molecule has 156 valence electrons. The Labute approximate surface area is 174 Å². The highest BCUT2D eigenvalue weighted by Gasteiger charge is 2.30. The number of esters is 1. The van der Waals surface area contributed by atoms with Crippen molar-refractivity contribution in [2.24, 2.45) is 0 Å². The van der Waals surface area contributed by atoms with Crippen LogP contribution in [0, 0.1) is 6.92 Å². The van der Waals surface area contributed by atoms with E-state index in [1.54, 1.807) is 13.1 Å². The maximum atomic E-state index is 12.3. The summed E-state index contributed by atoms with van der Waals surface area (Å²) < 4.78 is 11.6. The summed E-state index contributed by atoms with van der Waals surface area (Å²) >= 11 is 0. The Morgan fingerprint density at radius 2 is 1.80 bits per heavy atom. The first-order valence-corrected chi connectivity index (χ1v) is 9.52. The average Bonchev–Trinajstić information content (AvgIpc) is 3.26. The van der Waals surface area contributed by atoms with E-state index < -0.39 is 24.1 Å². The van der Waals surface area contributed by atoms with Crippen LogP contribution in [0.15, 0.2) is 60.8 Å². The molecule has 0 saturated heterocycles. The molecule has 8 heteroatoms. The van der Waals surface area contributed by atoms with Gasteiger partial charge in [-0.3, -0.25) is 0 Å². The lowest BCUT2D eigenvalue weighted by molar-refractivity contribution is -0.144. The van der Waals surface area contributed by atoms with Gasteiger partial charge in [-0.25, -0.2) is 14.3 Å². The maximum Gasteiger partial charge on any atom is 0.408 e. The summed E-state index contributed by atoms with van der Waals surface area (Å²) in [6.07, 6.45) is 1.00. The predicted molar refractivity (Wildman–Crippen MR) is 110 cm³/mol. The average molecular weight is 408 g/mol. The van der Waals surface area contributed by atoms with Crippen LogP contribution in [0.2, 0.25) is 0 Å².